The molecule has 0 amide bonds. The minimum atomic E-state index is 0.484. The Morgan fingerprint density at radius 3 is 2.40 bits per heavy atom. The summed E-state index contributed by atoms with van der Waals surface area (Å²) in [6.07, 6.45) is 10.2. The minimum absolute atomic E-state index is 0.484. The Kier molecular flexibility index (Phi) is 3.12. The Labute approximate surface area is 95.0 Å². The van der Waals surface area contributed by atoms with Crippen LogP contribution < -0.4 is 5.32 Å². The maximum atomic E-state index is 3.77. The summed E-state index contributed by atoms with van der Waals surface area (Å²) in [7, 11) is 0. The maximum absolute atomic E-state index is 3.77. The zero-order valence-corrected chi connectivity index (χ0v) is 10.7. The van der Waals surface area contributed by atoms with Gasteiger partial charge in [0.25, 0.3) is 0 Å². The third kappa shape index (κ3) is 2.96. The third-order valence-electron chi connectivity index (χ3n) is 4.22. The van der Waals surface area contributed by atoms with Crippen LogP contribution in [0.25, 0.3) is 0 Å². The molecule has 1 aliphatic heterocycles. The van der Waals surface area contributed by atoms with E-state index in [2.05, 4.69) is 26.1 Å². The second kappa shape index (κ2) is 4.08. The van der Waals surface area contributed by atoms with Crippen molar-refractivity contribution in [2.45, 2.75) is 71.8 Å². The predicted octanol–water partition coefficient (Wildman–Crippen LogP) is 3.74. The molecule has 2 fully saturated rings. The molecule has 88 valence electrons. The molecule has 2 aliphatic rings. The lowest BCUT2D eigenvalue weighted by Crippen LogP contribution is -2.27. The summed E-state index contributed by atoms with van der Waals surface area (Å²) in [6, 6.07) is 0.795. The van der Waals surface area contributed by atoms with Crippen LogP contribution in [0.1, 0.15) is 65.7 Å². The van der Waals surface area contributed by atoms with Crippen molar-refractivity contribution in [2.75, 3.05) is 6.54 Å². The molecule has 1 heteroatoms. The molecule has 0 aromatic rings. The van der Waals surface area contributed by atoms with Crippen LogP contribution in [0.3, 0.4) is 0 Å². The molecule has 2 rings (SSSR count). The van der Waals surface area contributed by atoms with Crippen molar-refractivity contribution in [2.24, 2.45) is 10.8 Å². The van der Waals surface area contributed by atoms with Crippen molar-refractivity contribution in [1.29, 1.82) is 0 Å². The van der Waals surface area contributed by atoms with Gasteiger partial charge in [0.15, 0.2) is 0 Å². The Morgan fingerprint density at radius 2 is 1.80 bits per heavy atom. The van der Waals surface area contributed by atoms with E-state index in [9.17, 15) is 0 Å². The van der Waals surface area contributed by atoms with Gasteiger partial charge in [-0.25, -0.2) is 0 Å². The van der Waals surface area contributed by atoms with Gasteiger partial charge in [-0.2, -0.15) is 0 Å². The first-order valence-corrected chi connectivity index (χ1v) is 6.73. The largest absolute Gasteiger partial charge is 0.313 e. The fraction of sp³-hybridized carbons (Fsp3) is 1.00. The first-order valence-electron chi connectivity index (χ1n) is 6.73. The summed E-state index contributed by atoms with van der Waals surface area (Å²) >= 11 is 0. The van der Waals surface area contributed by atoms with Crippen LogP contribution >= 0.6 is 0 Å². The van der Waals surface area contributed by atoms with Crippen LogP contribution in [0.5, 0.6) is 0 Å². The summed E-state index contributed by atoms with van der Waals surface area (Å²) in [5.74, 6) is 0. The fourth-order valence-electron chi connectivity index (χ4n) is 3.59. The zero-order valence-electron chi connectivity index (χ0n) is 10.7. The van der Waals surface area contributed by atoms with Gasteiger partial charge in [0, 0.05) is 12.6 Å². The molecule has 1 heterocycles. The summed E-state index contributed by atoms with van der Waals surface area (Å²) in [5, 5.41) is 3.77. The molecule has 1 spiro atoms. The van der Waals surface area contributed by atoms with Gasteiger partial charge in [0.2, 0.25) is 0 Å². The highest BCUT2D eigenvalue weighted by atomic mass is 15.0. The van der Waals surface area contributed by atoms with Gasteiger partial charge < -0.3 is 5.32 Å². The van der Waals surface area contributed by atoms with Crippen molar-refractivity contribution in [3.05, 3.63) is 0 Å². The van der Waals surface area contributed by atoms with E-state index in [0.29, 0.717) is 10.8 Å². The molecule has 0 bridgehead atoms. The lowest BCUT2D eigenvalue weighted by molar-refractivity contribution is 0.205. The average molecular weight is 209 g/mol. The van der Waals surface area contributed by atoms with E-state index in [1.807, 2.05) is 0 Å². The first kappa shape index (κ1) is 11.4. The van der Waals surface area contributed by atoms with Gasteiger partial charge in [-0.05, 0) is 36.5 Å². The second-order valence-electron chi connectivity index (χ2n) is 7.11. The zero-order chi connectivity index (χ0) is 10.9. The lowest BCUT2D eigenvalue weighted by Gasteiger charge is -2.33. The van der Waals surface area contributed by atoms with Crippen molar-refractivity contribution in [3.63, 3.8) is 0 Å². The summed E-state index contributed by atoms with van der Waals surface area (Å²) in [4.78, 5) is 0. The van der Waals surface area contributed by atoms with E-state index in [0.717, 1.165) is 6.04 Å². The van der Waals surface area contributed by atoms with Crippen LogP contribution in [0.15, 0.2) is 0 Å². The summed E-state index contributed by atoms with van der Waals surface area (Å²) in [6.45, 7) is 8.38. The molecule has 1 atom stereocenters. The molecule has 1 nitrogen and oxygen atoms in total. The van der Waals surface area contributed by atoms with E-state index < -0.39 is 0 Å². The molecule has 0 aromatic carbocycles. The van der Waals surface area contributed by atoms with Gasteiger partial charge in [-0.15, -0.1) is 0 Å². The SMILES string of the molecule is CC(C)(C)CC1CC2(CCCCC2)CN1. The number of hydrogen-bond acceptors (Lipinski definition) is 1. The quantitative estimate of drug-likeness (QED) is 0.694. The predicted molar refractivity (Wildman–Crippen MR) is 66.0 cm³/mol. The monoisotopic (exact) mass is 209 g/mol. The third-order valence-corrected chi connectivity index (χ3v) is 4.22. The molecular weight excluding hydrogens is 182 g/mol. The van der Waals surface area contributed by atoms with Crippen LogP contribution in [0.4, 0.5) is 0 Å². The lowest BCUT2D eigenvalue weighted by atomic mass is 9.71. The molecule has 1 N–H and O–H groups in total. The van der Waals surface area contributed by atoms with E-state index in [4.69, 9.17) is 0 Å². The van der Waals surface area contributed by atoms with E-state index in [1.165, 1.54) is 51.5 Å². The minimum Gasteiger partial charge on any atom is -0.313 e. The molecule has 0 aromatic heterocycles. The maximum Gasteiger partial charge on any atom is 0.00780 e. The Bertz CT molecular complexity index is 208. The van der Waals surface area contributed by atoms with Gasteiger partial charge >= 0.3 is 0 Å². The Hall–Kier alpha value is -0.0400. The molecule has 1 saturated carbocycles. The molecule has 0 radical (unpaired) electrons. The molecule has 1 unspecified atom stereocenters. The van der Waals surface area contributed by atoms with Crippen LogP contribution in [0.2, 0.25) is 0 Å². The van der Waals surface area contributed by atoms with Crippen molar-refractivity contribution in [1.82, 2.24) is 5.32 Å². The van der Waals surface area contributed by atoms with E-state index in [1.54, 1.807) is 0 Å². The molecule has 15 heavy (non-hydrogen) atoms. The fourth-order valence-corrected chi connectivity index (χ4v) is 3.59. The molecule has 1 saturated heterocycles. The Morgan fingerprint density at radius 1 is 1.13 bits per heavy atom. The summed E-state index contributed by atoms with van der Waals surface area (Å²) < 4.78 is 0. The average Bonchev–Trinajstić information content (AvgIpc) is 2.47. The molecular formula is C14H27N. The highest BCUT2D eigenvalue weighted by Crippen LogP contribution is 2.44. The van der Waals surface area contributed by atoms with Crippen LogP contribution in [0, 0.1) is 10.8 Å². The van der Waals surface area contributed by atoms with Crippen LogP contribution in [-0.2, 0) is 0 Å². The molecule has 1 aliphatic carbocycles. The number of nitrogens with one attached hydrogen (secondary N) is 1. The highest BCUT2D eigenvalue weighted by molar-refractivity contribution is 4.96. The van der Waals surface area contributed by atoms with E-state index >= 15 is 0 Å². The summed E-state index contributed by atoms with van der Waals surface area (Å²) in [5.41, 5.74) is 1.19. The van der Waals surface area contributed by atoms with Crippen molar-refractivity contribution < 1.29 is 0 Å². The Balaban J connectivity index is 1.88. The van der Waals surface area contributed by atoms with Gasteiger partial charge in [-0.3, -0.25) is 0 Å². The normalized spacial score (nSPS) is 31.0. The van der Waals surface area contributed by atoms with Gasteiger partial charge in [-0.1, -0.05) is 40.0 Å². The van der Waals surface area contributed by atoms with Gasteiger partial charge in [0.05, 0.1) is 0 Å². The van der Waals surface area contributed by atoms with Crippen LogP contribution in [-0.4, -0.2) is 12.6 Å². The topological polar surface area (TPSA) is 12.0 Å². The highest BCUT2D eigenvalue weighted by Gasteiger charge is 2.40. The number of rotatable bonds is 1. The van der Waals surface area contributed by atoms with Crippen molar-refractivity contribution in [3.8, 4) is 0 Å². The smallest absolute Gasteiger partial charge is 0.00780 e. The number of hydrogen-bond donors (Lipinski definition) is 1. The van der Waals surface area contributed by atoms with Gasteiger partial charge in [0.1, 0.15) is 0 Å². The van der Waals surface area contributed by atoms with E-state index in [-0.39, 0.29) is 0 Å². The standard InChI is InChI=1S/C14H27N/c1-13(2,3)9-12-10-14(11-15-12)7-5-4-6-8-14/h12,15H,4-11H2,1-3H3. The second-order valence-corrected chi connectivity index (χ2v) is 7.11. The van der Waals surface area contributed by atoms with Crippen molar-refractivity contribution >= 4 is 0 Å². The first-order chi connectivity index (χ1) is 6.99.